The van der Waals surface area contributed by atoms with Gasteiger partial charge in [-0.25, -0.2) is 0 Å². The molecular formula is C13H18O4. The molecule has 0 aromatic heterocycles. The van der Waals surface area contributed by atoms with Crippen LogP contribution in [0.25, 0.3) is 0 Å². The smallest absolute Gasteiger partial charge is 0.305 e. The molecule has 0 aliphatic carbocycles. The summed E-state index contributed by atoms with van der Waals surface area (Å²) >= 11 is 0. The van der Waals surface area contributed by atoms with Gasteiger partial charge in [0.2, 0.25) is 0 Å². The summed E-state index contributed by atoms with van der Waals surface area (Å²) in [6, 6.07) is 7.50. The van der Waals surface area contributed by atoms with Gasteiger partial charge in [0, 0.05) is 13.5 Å². The van der Waals surface area contributed by atoms with Gasteiger partial charge in [-0.1, -0.05) is 24.3 Å². The molecule has 0 aliphatic rings. The molecule has 4 nitrogen and oxygen atoms in total. The summed E-state index contributed by atoms with van der Waals surface area (Å²) in [7, 11) is 2.95. The highest BCUT2D eigenvalue weighted by Gasteiger charge is 2.13. The topological polar surface area (TPSA) is 55.8 Å². The van der Waals surface area contributed by atoms with E-state index in [1.165, 1.54) is 7.11 Å². The van der Waals surface area contributed by atoms with Crippen LogP contribution in [0.5, 0.6) is 0 Å². The van der Waals surface area contributed by atoms with Gasteiger partial charge in [0.05, 0.1) is 19.8 Å². The molecule has 0 spiro atoms. The number of carbonyl (C=O) groups is 1. The second-order valence-corrected chi connectivity index (χ2v) is 3.76. The number of hydrogen-bond acceptors (Lipinski definition) is 4. The first-order valence-corrected chi connectivity index (χ1v) is 5.50. The van der Waals surface area contributed by atoms with Crippen molar-refractivity contribution in [1.29, 1.82) is 0 Å². The van der Waals surface area contributed by atoms with Crippen LogP contribution in [-0.4, -0.2) is 25.3 Å². The molecule has 94 valence electrons. The average molecular weight is 238 g/mol. The lowest BCUT2D eigenvalue weighted by atomic mass is 9.99. The van der Waals surface area contributed by atoms with Crippen molar-refractivity contribution in [3.8, 4) is 0 Å². The first-order valence-electron chi connectivity index (χ1n) is 5.50. The maximum Gasteiger partial charge on any atom is 0.305 e. The molecule has 17 heavy (non-hydrogen) atoms. The van der Waals surface area contributed by atoms with E-state index in [0.717, 1.165) is 11.1 Å². The van der Waals surface area contributed by atoms with Gasteiger partial charge in [0.15, 0.2) is 0 Å². The third-order valence-electron chi connectivity index (χ3n) is 2.56. The zero-order valence-electron chi connectivity index (χ0n) is 10.2. The van der Waals surface area contributed by atoms with Gasteiger partial charge in [-0.05, 0) is 17.5 Å². The molecule has 4 heteroatoms. The van der Waals surface area contributed by atoms with Crippen LogP contribution in [0.3, 0.4) is 0 Å². The molecule has 1 aromatic carbocycles. The first kappa shape index (κ1) is 13.7. The van der Waals surface area contributed by atoms with E-state index < -0.39 is 6.10 Å². The molecule has 0 heterocycles. The van der Waals surface area contributed by atoms with Crippen molar-refractivity contribution in [3.63, 3.8) is 0 Å². The van der Waals surface area contributed by atoms with E-state index in [-0.39, 0.29) is 12.4 Å². The quantitative estimate of drug-likeness (QED) is 0.768. The Morgan fingerprint density at radius 3 is 2.71 bits per heavy atom. The summed E-state index contributed by atoms with van der Waals surface area (Å²) in [5, 5.41) is 10.0. The number of aliphatic hydroxyl groups excluding tert-OH is 1. The van der Waals surface area contributed by atoms with Gasteiger partial charge >= 0.3 is 5.97 Å². The fourth-order valence-corrected chi connectivity index (χ4v) is 1.66. The predicted molar refractivity (Wildman–Crippen MR) is 63.4 cm³/mol. The van der Waals surface area contributed by atoms with Crippen molar-refractivity contribution < 1.29 is 19.4 Å². The lowest BCUT2D eigenvalue weighted by Crippen LogP contribution is -2.07. The van der Waals surface area contributed by atoms with E-state index in [0.29, 0.717) is 13.0 Å². The van der Waals surface area contributed by atoms with Crippen LogP contribution in [0.2, 0.25) is 0 Å². The van der Waals surface area contributed by atoms with Crippen molar-refractivity contribution >= 4 is 5.97 Å². The Balaban J connectivity index is 2.67. The summed E-state index contributed by atoms with van der Waals surface area (Å²) in [6.45, 7) is 0.450. The molecule has 0 fully saturated rings. The average Bonchev–Trinajstić information content (AvgIpc) is 2.36. The van der Waals surface area contributed by atoms with Crippen LogP contribution < -0.4 is 0 Å². The van der Waals surface area contributed by atoms with Gasteiger partial charge < -0.3 is 14.6 Å². The highest BCUT2D eigenvalue weighted by atomic mass is 16.5. The number of benzene rings is 1. The molecule has 0 amide bonds. The Morgan fingerprint density at radius 2 is 2.06 bits per heavy atom. The van der Waals surface area contributed by atoms with E-state index in [2.05, 4.69) is 4.74 Å². The van der Waals surface area contributed by atoms with Gasteiger partial charge in [0.25, 0.3) is 0 Å². The Morgan fingerprint density at radius 1 is 1.35 bits per heavy atom. The van der Waals surface area contributed by atoms with E-state index in [1.54, 1.807) is 7.11 Å². The summed E-state index contributed by atoms with van der Waals surface area (Å²) in [6.07, 6.45) is -0.104. The minimum atomic E-state index is -0.666. The molecule has 1 N–H and O–H groups in total. The molecule has 0 bridgehead atoms. The fourth-order valence-electron chi connectivity index (χ4n) is 1.66. The first-order chi connectivity index (χ1) is 8.19. The number of ether oxygens (including phenoxy) is 2. The maximum absolute atomic E-state index is 11.0. The van der Waals surface area contributed by atoms with Gasteiger partial charge in [0.1, 0.15) is 0 Å². The molecule has 1 rings (SSSR count). The molecule has 0 radical (unpaired) electrons. The van der Waals surface area contributed by atoms with Crippen molar-refractivity contribution in [2.45, 2.75) is 25.6 Å². The summed E-state index contributed by atoms with van der Waals surface area (Å²) < 4.78 is 9.60. The van der Waals surface area contributed by atoms with Crippen molar-refractivity contribution in [1.82, 2.24) is 0 Å². The van der Waals surface area contributed by atoms with Crippen LogP contribution in [-0.2, 0) is 20.9 Å². The van der Waals surface area contributed by atoms with Crippen LogP contribution in [0.4, 0.5) is 0 Å². The second kappa shape index (κ2) is 7.04. The van der Waals surface area contributed by atoms with Crippen molar-refractivity contribution in [2.75, 3.05) is 14.2 Å². The van der Waals surface area contributed by atoms with Gasteiger partial charge in [-0.2, -0.15) is 0 Å². The summed E-state index contributed by atoms with van der Waals surface area (Å²) in [5.41, 5.74) is 1.74. The van der Waals surface area contributed by atoms with E-state index >= 15 is 0 Å². The van der Waals surface area contributed by atoms with E-state index in [4.69, 9.17) is 4.74 Å². The molecule has 0 aliphatic heterocycles. The zero-order chi connectivity index (χ0) is 12.7. The van der Waals surface area contributed by atoms with Gasteiger partial charge in [-0.3, -0.25) is 4.79 Å². The molecule has 1 unspecified atom stereocenters. The van der Waals surface area contributed by atoms with Crippen molar-refractivity contribution in [2.24, 2.45) is 0 Å². The Hall–Kier alpha value is -1.39. The standard InChI is InChI=1S/C13H18O4/c1-16-9-10-5-3-4-6-11(10)12(14)7-8-13(15)17-2/h3-6,12,14H,7-9H2,1-2H3. The molecule has 1 atom stereocenters. The predicted octanol–water partition coefficient (Wildman–Crippen LogP) is 1.82. The molecule has 0 saturated heterocycles. The van der Waals surface area contributed by atoms with E-state index in [9.17, 15) is 9.90 Å². The van der Waals surface area contributed by atoms with Crippen LogP contribution in [0, 0.1) is 0 Å². The number of rotatable bonds is 6. The van der Waals surface area contributed by atoms with Crippen LogP contribution >= 0.6 is 0 Å². The lowest BCUT2D eigenvalue weighted by Gasteiger charge is -2.14. The normalized spacial score (nSPS) is 12.2. The number of esters is 1. The van der Waals surface area contributed by atoms with Crippen LogP contribution in [0.1, 0.15) is 30.1 Å². The SMILES string of the molecule is COCc1ccccc1C(O)CCC(=O)OC. The minimum Gasteiger partial charge on any atom is -0.469 e. The summed E-state index contributed by atoms with van der Waals surface area (Å²) in [5.74, 6) is -0.312. The Bertz CT molecular complexity index is 362. The lowest BCUT2D eigenvalue weighted by molar-refractivity contribution is -0.141. The summed E-state index contributed by atoms with van der Waals surface area (Å²) in [4.78, 5) is 11.0. The molecule has 0 saturated carbocycles. The van der Waals surface area contributed by atoms with E-state index in [1.807, 2.05) is 24.3 Å². The zero-order valence-corrected chi connectivity index (χ0v) is 10.2. The maximum atomic E-state index is 11.0. The highest BCUT2D eigenvalue weighted by Crippen LogP contribution is 2.22. The Labute approximate surface area is 101 Å². The highest BCUT2D eigenvalue weighted by molar-refractivity contribution is 5.69. The molecular weight excluding hydrogens is 220 g/mol. The Kier molecular flexibility index (Phi) is 5.66. The third kappa shape index (κ3) is 4.17. The number of hydrogen-bond donors (Lipinski definition) is 1. The monoisotopic (exact) mass is 238 g/mol. The number of carbonyl (C=O) groups excluding carboxylic acids is 1. The molecule has 1 aromatic rings. The van der Waals surface area contributed by atoms with Crippen LogP contribution in [0.15, 0.2) is 24.3 Å². The van der Waals surface area contributed by atoms with Crippen molar-refractivity contribution in [3.05, 3.63) is 35.4 Å². The number of aliphatic hydroxyl groups is 1. The number of methoxy groups -OCH3 is 2. The van der Waals surface area contributed by atoms with Gasteiger partial charge in [-0.15, -0.1) is 0 Å². The largest absolute Gasteiger partial charge is 0.469 e. The fraction of sp³-hybridized carbons (Fsp3) is 0.462. The third-order valence-corrected chi connectivity index (χ3v) is 2.56. The second-order valence-electron chi connectivity index (χ2n) is 3.76. The minimum absolute atomic E-state index is 0.207.